The third-order valence-electron chi connectivity index (χ3n) is 4.00. The van der Waals surface area contributed by atoms with E-state index in [0.29, 0.717) is 12.3 Å². The van der Waals surface area contributed by atoms with E-state index in [9.17, 15) is 4.79 Å². The number of nitrogens with zero attached hydrogens (tertiary/aromatic N) is 1. The van der Waals surface area contributed by atoms with Crippen LogP contribution in [0.3, 0.4) is 0 Å². The van der Waals surface area contributed by atoms with Crippen molar-refractivity contribution in [3.63, 3.8) is 0 Å². The highest BCUT2D eigenvalue weighted by molar-refractivity contribution is 8.00. The van der Waals surface area contributed by atoms with Gasteiger partial charge in [-0.25, -0.2) is 4.79 Å². The molecule has 1 heterocycles. The van der Waals surface area contributed by atoms with E-state index in [0.717, 1.165) is 27.2 Å². The maximum Gasteiger partial charge on any atom is 0.355 e. The van der Waals surface area contributed by atoms with E-state index in [1.165, 1.54) is 11.9 Å². The lowest BCUT2D eigenvalue weighted by Crippen LogP contribution is -2.13. The van der Waals surface area contributed by atoms with Crippen LogP contribution in [-0.4, -0.2) is 31.4 Å². The summed E-state index contributed by atoms with van der Waals surface area (Å²) in [5, 5.41) is 0.931. The monoisotopic (exact) mass is 386 g/mol. The molecule has 7 heteroatoms. The van der Waals surface area contributed by atoms with Gasteiger partial charge in [-0.15, -0.1) is 0 Å². The molecule has 0 fully saturated rings. The van der Waals surface area contributed by atoms with Crippen molar-refractivity contribution in [1.82, 2.24) is 4.57 Å². The van der Waals surface area contributed by atoms with E-state index in [4.69, 9.17) is 14.2 Å². The molecule has 0 saturated carbocycles. The largest absolute Gasteiger partial charge is 0.496 e. The fourth-order valence-electron chi connectivity index (χ4n) is 2.86. The summed E-state index contributed by atoms with van der Waals surface area (Å²) < 4.78 is 21.1. The standard InChI is InChI=1S/C20H22N2O4S/c1-4-26-20(23)16-12-14-8-7-9-15(19(14)22(16)13-24-2)21-27-18-11-6-5-10-17(18)25-3/h5-12,21H,4,13H2,1-3H3. The van der Waals surface area contributed by atoms with Gasteiger partial charge in [0.1, 0.15) is 18.2 Å². The van der Waals surface area contributed by atoms with E-state index in [1.807, 2.05) is 53.1 Å². The molecule has 0 atom stereocenters. The molecule has 142 valence electrons. The number of benzene rings is 2. The van der Waals surface area contributed by atoms with Gasteiger partial charge in [0.2, 0.25) is 0 Å². The molecule has 1 aromatic heterocycles. The van der Waals surface area contributed by atoms with E-state index < -0.39 is 0 Å². The first-order valence-corrected chi connectivity index (χ1v) is 9.35. The van der Waals surface area contributed by atoms with Crippen LogP contribution in [-0.2, 0) is 16.2 Å². The van der Waals surface area contributed by atoms with Crippen molar-refractivity contribution < 1.29 is 19.0 Å². The summed E-state index contributed by atoms with van der Waals surface area (Å²) in [5.74, 6) is 0.427. The molecule has 0 saturated heterocycles. The topological polar surface area (TPSA) is 61.7 Å². The second kappa shape index (κ2) is 8.83. The molecular weight excluding hydrogens is 364 g/mol. The summed E-state index contributed by atoms with van der Waals surface area (Å²) in [7, 11) is 3.25. The number of esters is 1. The summed E-state index contributed by atoms with van der Waals surface area (Å²) in [6.45, 7) is 2.36. The third-order valence-corrected chi connectivity index (χ3v) is 4.88. The van der Waals surface area contributed by atoms with Gasteiger partial charge in [0.15, 0.2) is 0 Å². The van der Waals surface area contributed by atoms with Crippen LogP contribution >= 0.6 is 11.9 Å². The zero-order chi connectivity index (χ0) is 19.2. The predicted octanol–water partition coefficient (Wildman–Crippen LogP) is 4.55. The van der Waals surface area contributed by atoms with Crippen molar-refractivity contribution in [2.45, 2.75) is 18.6 Å². The SMILES string of the molecule is CCOC(=O)c1cc2cccc(NSc3ccccc3OC)c2n1COC. The summed E-state index contributed by atoms with van der Waals surface area (Å²) in [4.78, 5) is 13.3. The van der Waals surface area contributed by atoms with Gasteiger partial charge in [0.25, 0.3) is 0 Å². The molecule has 0 radical (unpaired) electrons. The average Bonchev–Trinajstić information content (AvgIpc) is 3.06. The molecule has 0 aliphatic carbocycles. The normalized spacial score (nSPS) is 10.8. The zero-order valence-electron chi connectivity index (χ0n) is 15.5. The van der Waals surface area contributed by atoms with Gasteiger partial charge in [0, 0.05) is 12.5 Å². The Morgan fingerprint density at radius 2 is 1.96 bits per heavy atom. The number of aromatic nitrogens is 1. The van der Waals surface area contributed by atoms with Gasteiger partial charge in [0.05, 0.1) is 29.8 Å². The molecule has 0 aliphatic rings. The molecule has 0 spiro atoms. The van der Waals surface area contributed by atoms with E-state index in [1.54, 1.807) is 21.1 Å². The minimum absolute atomic E-state index is 0.246. The quantitative estimate of drug-likeness (QED) is 0.453. The van der Waals surface area contributed by atoms with Crippen molar-refractivity contribution >= 4 is 34.5 Å². The van der Waals surface area contributed by atoms with E-state index in [2.05, 4.69) is 4.72 Å². The summed E-state index contributed by atoms with van der Waals surface area (Å²) in [5.41, 5.74) is 2.21. The third kappa shape index (κ3) is 4.04. The number of anilines is 1. The van der Waals surface area contributed by atoms with Crippen molar-refractivity contribution in [2.24, 2.45) is 0 Å². The first-order valence-electron chi connectivity index (χ1n) is 8.53. The molecule has 3 aromatic rings. The van der Waals surface area contributed by atoms with Crippen LogP contribution in [0.25, 0.3) is 10.9 Å². The lowest BCUT2D eigenvalue weighted by atomic mass is 10.2. The minimum Gasteiger partial charge on any atom is -0.496 e. The number of nitrogens with one attached hydrogen (secondary N) is 1. The lowest BCUT2D eigenvalue weighted by molar-refractivity contribution is 0.0496. The van der Waals surface area contributed by atoms with Gasteiger partial charge in [-0.05, 0) is 43.1 Å². The Hall–Kier alpha value is -2.64. The van der Waals surface area contributed by atoms with Crippen molar-refractivity contribution in [2.75, 3.05) is 25.5 Å². The van der Waals surface area contributed by atoms with Gasteiger partial charge in [-0.2, -0.15) is 0 Å². The number of fused-ring (bicyclic) bond motifs is 1. The molecule has 0 bridgehead atoms. The van der Waals surface area contributed by atoms with Crippen LogP contribution in [0.15, 0.2) is 53.4 Å². The van der Waals surface area contributed by atoms with Crippen LogP contribution in [0.2, 0.25) is 0 Å². The second-order valence-electron chi connectivity index (χ2n) is 5.69. The molecule has 6 nitrogen and oxygen atoms in total. The van der Waals surface area contributed by atoms with Gasteiger partial charge >= 0.3 is 5.97 Å². The first kappa shape index (κ1) is 19.1. The lowest BCUT2D eigenvalue weighted by Gasteiger charge is -2.13. The van der Waals surface area contributed by atoms with Crippen LogP contribution < -0.4 is 9.46 Å². The molecule has 0 aliphatic heterocycles. The molecule has 0 amide bonds. The molecule has 1 N–H and O–H groups in total. The number of carbonyl (C=O) groups is 1. The van der Waals surface area contributed by atoms with Gasteiger partial charge in [-0.1, -0.05) is 24.3 Å². The highest BCUT2D eigenvalue weighted by atomic mass is 32.2. The van der Waals surface area contributed by atoms with Crippen molar-refractivity contribution in [1.29, 1.82) is 0 Å². The Kier molecular flexibility index (Phi) is 6.26. The highest BCUT2D eigenvalue weighted by Gasteiger charge is 2.19. The van der Waals surface area contributed by atoms with E-state index >= 15 is 0 Å². The maximum absolute atomic E-state index is 12.3. The summed E-state index contributed by atoms with van der Waals surface area (Å²) >= 11 is 1.45. The fraction of sp³-hybridized carbons (Fsp3) is 0.250. The van der Waals surface area contributed by atoms with Gasteiger partial charge in [-0.3, -0.25) is 0 Å². The summed E-state index contributed by atoms with van der Waals surface area (Å²) in [6.07, 6.45) is 0. The average molecular weight is 386 g/mol. The first-order chi connectivity index (χ1) is 13.2. The molecule has 27 heavy (non-hydrogen) atoms. The Labute approximate surface area is 162 Å². The number of rotatable bonds is 8. The van der Waals surface area contributed by atoms with Crippen LogP contribution in [0.4, 0.5) is 5.69 Å². The molecule has 0 unspecified atom stereocenters. The number of carbonyl (C=O) groups excluding carboxylic acids is 1. The number of methoxy groups -OCH3 is 2. The maximum atomic E-state index is 12.3. The van der Waals surface area contributed by atoms with Gasteiger partial charge < -0.3 is 23.5 Å². The molecule has 2 aromatic carbocycles. The Balaban J connectivity index is 1.99. The number of para-hydroxylation sites is 2. The Morgan fingerprint density at radius 3 is 2.70 bits per heavy atom. The second-order valence-corrected chi connectivity index (χ2v) is 6.54. The fourth-order valence-corrected chi connectivity index (χ4v) is 3.64. The van der Waals surface area contributed by atoms with Crippen LogP contribution in [0.5, 0.6) is 5.75 Å². The number of ether oxygens (including phenoxy) is 3. The smallest absolute Gasteiger partial charge is 0.355 e. The number of hydrogen-bond donors (Lipinski definition) is 1. The Bertz CT molecular complexity index is 939. The molecule has 3 rings (SSSR count). The number of hydrogen-bond acceptors (Lipinski definition) is 6. The Morgan fingerprint density at radius 1 is 1.15 bits per heavy atom. The zero-order valence-corrected chi connectivity index (χ0v) is 16.3. The minimum atomic E-state index is -0.367. The highest BCUT2D eigenvalue weighted by Crippen LogP contribution is 2.34. The predicted molar refractivity (Wildman–Crippen MR) is 107 cm³/mol. The van der Waals surface area contributed by atoms with Crippen LogP contribution in [0.1, 0.15) is 17.4 Å². The van der Waals surface area contributed by atoms with Crippen molar-refractivity contribution in [3.05, 3.63) is 54.2 Å². The van der Waals surface area contributed by atoms with E-state index in [-0.39, 0.29) is 12.7 Å². The van der Waals surface area contributed by atoms with Crippen molar-refractivity contribution in [3.8, 4) is 5.75 Å². The summed E-state index contributed by atoms with van der Waals surface area (Å²) in [6, 6.07) is 15.5. The van der Waals surface area contributed by atoms with Crippen LogP contribution in [0, 0.1) is 0 Å². The molecular formula is C20H22N2O4S.